The highest BCUT2D eigenvalue weighted by molar-refractivity contribution is 5.92. The summed E-state index contributed by atoms with van der Waals surface area (Å²) in [5.41, 5.74) is 2.87. The molecule has 0 bridgehead atoms. The fraction of sp³-hybridized carbons (Fsp3) is 0.375. The molecule has 0 unspecified atom stereocenters. The Hall–Kier alpha value is -2.14. The number of hydrogen-bond acceptors (Lipinski definition) is 4. The van der Waals surface area contributed by atoms with Crippen LogP contribution in [0.15, 0.2) is 34.9 Å². The van der Waals surface area contributed by atoms with E-state index in [1.165, 1.54) is 11.1 Å². The molecule has 1 amide bonds. The summed E-state index contributed by atoms with van der Waals surface area (Å²) in [6.45, 7) is 2.91. The van der Waals surface area contributed by atoms with Crippen molar-refractivity contribution in [3.8, 4) is 0 Å². The monoisotopic (exact) mass is 286 g/mol. The van der Waals surface area contributed by atoms with E-state index in [2.05, 4.69) is 17.3 Å². The lowest BCUT2D eigenvalue weighted by atomic mass is 9.99. The number of hydrogen-bond donors (Lipinski definition) is 0. The first-order chi connectivity index (χ1) is 10.1. The van der Waals surface area contributed by atoms with Crippen LogP contribution in [0.2, 0.25) is 0 Å². The number of fused-ring (bicyclic) bond motifs is 1. The second-order valence-electron chi connectivity index (χ2n) is 5.41. The number of carbonyl (C=O) groups excluding carboxylic acids is 1. The highest BCUT2D eigenvalue weighted by Gasteiger charge is 2.23. The molecular weight excluding hydrogens is 268 g/mol. The highest BCUT2D eigenvalue weighted by Crippen LogP contribution is 2.21. The van der Waals surface area contributed by atoms with E-state index in [1.807, 2.05) is 12.1 Å². The van der Waals surface area contributed by atoms with Crippen LogP contribution < -0.4 is 0 Å². The van der Waals surface area contributed by atoms with Gasteiger partial charge in [-0.05, 0) is 18.1 Å². The topological polar surface area (TPSA) is 55.6 Å². The molecule has 1 aliphatic heterocycles. The third-order valence-corrected chi connectivity index (χ3v) is 3.71. The molecule has 0 aliphatic carbocycles. The Morgan fingerprint density at radius 3 is 2.86 bits per heavy atom. The van der Waals surface area contributed by atoms with Crippen LogP contribution in [0, 0.1) is 6.92 Å². The molecule has 5 heteroatoms. The van der Waals surface area contributed by atoms with Gasteiger partial charge in [0.2, 0.25) is 0 Å². The van der Waals surface area contributed by atoms with E-state index in [9.17, 15) is 4.79 Å². The summed E-state index contributed by atoms with van der Waals surface area (Å²) in [6.07, 6.45) is 0.841. The molecule has 0 fully saturated rings. The molecule has 0 N–H and O–H groups in total. The van der Waals surface area contributed by atoms with E-state index in [0.29, 0.717) is 24.6 Å². The number of likely N-dealkylation sites (N-methyl/N-ethyl adjacent to an activating group) is 1. The Balaban J connectivity index is 1.63. The number of ether oxygens (including phenoxy) is 1. The Kier molecular flexibility index (Phi) is 3.75. The third kappa shape index (κ3) is 2.97. The van der Waals surface area contributed by atoms with Gasteiger partial charge >= 0.3 is 0 Å². The van der Waals surface area contributed by atoms with Crippen molar-refractivity contribution in [2.24, 2.45) is 0 Å². The number of amides is 1. The zero-order chi connectivity index (χ0) is 14.8. The maximum absolute atomic E-state index is 12.2. The van der Waals surface area contributed by atoms with E-state index < -0.39 is 0 Å². The maximum Gasteiger partial charge on any atom is 0.275 e. The molecular formula is C16H18N2O3. The van der Waals surface area contributed by atoms with Crippen LogP contribution in [0.25, 0.3) is 0 Å². The van der Waals surface area contributed by atoms with E-state index in [4.69, 9.17) is 9.26 Å². The van der Waals surface area contributed by atoms with Gasteiger partial charge in [-0.2, -0.15) is 0 Å². The van der Waals surface area contributed by atoms with Crippen molar-refractivity contribution in [3.05, 3.63) is 52.9 Å². The minimum absolute atomic E-state index is 0.0156. The van der Waals surface area contributed by atoms with Gasteiger partial charge < -0.3 is 14.2 Å². The van der Waals surface area contributed by atoms with Crippen LogP contribution in [-0.2, 0) is 17.8 Å². The average molecular weight is 286 g/mol. The van der Waals surface area contributed by atoms with Gasteiger partial charge in [-0.1, -0.05) is 29.4 Å². The standard InChI is InChI=1S/C16H18N2O3/c1-11-7-15(17-21-11)16(19)18(2)9-14-8-12-5-3-4-6-13(12)10-20-14/h3-7,14H,8-10H2,1-2H3/t14-/m1/s1. The quantitative estimate of drug-likeness (QED) is 0.868. The lowest BCUT2D eigenvalue weighted by Gasteiger charge is -2.28. The van der Waals surface area contributed by atoms with Crippen molar-refractivity contribution < 1.29 is 14.1 Å². The molecule has 1 atom stereocenters. The van der Waals surface area contributed by atoms with Crippen molar-refractivity contribution in [3.63, 3.8) is 0 Å². The van der Waals surface area contributed by atoms with Gasteiger partial charge in [0.1, 0.15) is 5.76 Å². The predicted molar refractivity (Wildman–Crippen MR) is 76.9 cm³/mol. The number of benzene rings is 1. The van der Waals surface area contributed by atoms with Crippen molar-refractivity contribution in [1.29, 1.82) is 0 Å². The van der Waals surface area contributed by atoms with E-state index in [1.54, 1.807) is 24.9 Å². The van der Waals surface area contributed by atoms with Crippen LogP contribution in [0.3, 0.4) is 0 Å². The molecule has 1 aliphatic rings. The summed E-state index contributed by atoms with van der Waals surface area (Å²) >= 11 is 0. The van der Waals surface area contributed by atoms with Gasteiger partial charge in [0.25, 0.3) is 5.91 Å². The molecule has 0 saturated carbocycles. The van der Waals surface area contributed by atoms with Gasteiger partial charge in [0.15, 0.2) is 5.69 Å². The molecule has 21 heavy (non-hydrogen) atoms. The van der Waals surface area contributed by atoms with E-state index in [0.717, 1.165) is 6.42 Å². The predicted octanol–water partition coefficient (Wildman–Crippen LogP) is 2.20. The summed E-state index contributed by atoms with van der Waals surface area (Å²) in [4.78, 5) is 13.9. The molecule has 1 aromatic heterocycles. The Morgan fingerprint density at radius 1 is 1.38 bits per heavy atom. The first-order valence-corrected chi connectivity index (χ1v) is 7.00. The zero-order valence-corrected chi connectivity index (χ0v) is 12.2. The fourth-order valence-corrected chi connectivity index (χ4v) is 2.58. The number of rotatable bonds is 3. The smallest absolute Gasteiger partial charge is 0.275 e. The van der Waals surface area contributed by atoms with Crippen LogP contribution in [-0.4, -0.2) is 35.7 Å². The fourth-order valence-electron chi connectivity index (χ4n) is 2.58. The molecule has 0 saturated heterocycles. The normalized spacial score (nSPS) is 17.3. The molecule has 5 nitrogen and oxygen atoms in total. The minimum atomic E-state index is -0.144. The van der Waals surface area contributed by atoms with Crippen molar-refractivity contribution in [1.82, 2.24) is 10.1 Å². The van der Waals surface area contributed by atoms with E-state index in [-0.39, 0.29) is 12.0 Å². The number of aryl methyl sites for hydroxylation is 1. The second kappa shape index (κ2) is 5.69. The minimum Gasteiger partial charge on any atom is -0.371 e. The molecule has 0 radical (unpaired) electrons. The van der Waals surface area contributed by atoms with Crippen molar-refractivity contribution in [2.45, 2.75) is 26.1 Å². The number of carbonyl (C=O) groups is 1. The average Bonchev–Trinajstić information content (AvgIpc) is 2.93. The summed E-state index contributed by atoms with van der Waals surface area (Å²) in [6, 6.07) is 9.90. The van der Waals surface area contributed by atoms with Crippen LogP contribution in [0.1, 0.15) is 27.4 Å². The van der Waals surface area contributed by atoms with Crippen LogP contribution in [0.4, 0.5) is 0 Å². The Bertz CT molecular complexity index is 650. The lowest BCUT2D eigenvalue weighted by molar-refractivity contribution is 0.00964. The molecule has 2 aromatic rings. The number of nitrogens with zero attached hydrogens (tertiary/aromatic N) is 2. The number of aromatic nitrogens is 1. The van der Waals surface area contributed by atoms with E-state index >= 15 is 0 Å². The van der Waals surface area contributed by atoms with Gasteiger partial charge in [-0.3, -0.25) is 4.79 Å². The van der Waals surface area contributed by atoms with Gasteiger partial charge in [-0.15, -0.1) is 0 Å². The van der Waals surface area contributed by atoms with Gasteiger partial charge in [0.05, 0.1) is 12.7 Å². The first kappa shape index (κ1) is 13.8. The lowest BCUT2D eigenvalue weighted by Crippen LogP contribution is -2.38. The van der Waals surface area contributed by atoms with Gasteiger partial charge in [0, 0.05) is 26.1 Å². The molecule has 1 aromatic carbocycles. The third-order valence-electron chi connectivity index (χ3n) is 3.71. The molecule has 110 valence electrons. The van der Waals surface area contributed by atoms with Crippen molar-refractivity contribution in [2.75, 3.05) is 13.6 Å². The van der Waals surface area contributed by atoms with Crippen LogP contribution >= 0.6 is 0 Å². The highest BCUT2D eigenvalue weighted by atomic mass is 16.5. The molecule has 3 rings (SSSR count). The zero-order valence-electron chi connectivity index (χ0n) is 12.2. The largest absolute Gasteiger partial charge is 0.371 e. The Morgan fingerprint density at radius 2 is 2.14 bits per heavy atom. The SMILES string of the molecule is Cc1cc(C(=O)N(C)C[C@H]2Cc3ccccc3CO2)no1. The van der Waals surface area contributed by atoms with Crippen molar-refractivity contribution >= 4 is 5.91 Å². The second-order valence-corrected chi connectivity index (χ2v) is 5.41. The van der Waals surface area contributed by atoms with Gasteiger partial charge in [-0.25, -0.2) is 0 Å². The molecule has 0 spiro atoms. The summed E-state index contributed by atoms with van der Waals surface area (Å²) < 4.78 is 10.8. The first-order valence-electron chi connectivity index (χ1n) is 7.00. The summed E-state index contributed by atoms with van der Waals surface area (Å²) in [7, 11) is 1.76. The summed E-state index contributed by atoms with van der Waals surface area (Å²) in [5, 5.41) is 3.76. The summed E-state index contributed by atoms with van der Waals surface area (Å²) in [5.74, 6) is 0.490. The maximum atomic E-state index is 12.2. The Labute approximate surface area is 123 Å². The molecule has 2 heterocycles. The van der Waals surface area contributed by atoms with Crippen LogP contribution in [0.5, 0.6) is 0 Å².